The molecule has 1 fully saturated rings. The molecule has 0 saturated carbocycles. The number of benzene rings is 1. The lowest BCUT2D eigenvalue weighted by Crippen LogP contribution is -2.46. The summed E-state index contributed by atoms with van der Waals surface area (Å²) in [7, 11) is 0. The molecule has 2 atom stereocenters. The summed E-state index contributed by atoms with van der Waals surface area (Å²) >= 11 is 0. The standard InChI is InChI=1S/C15H21NO2/c1-2-16-9-3-4-11-10-6-8-14(17)15(18)12(10)5-7-13(11)16/h6,8,11,13,17-18H,2-5,7,9H2,1H3/t11-,13+/m0/s1. The van der Waals surface area contributed by atoms with Crippen LogP contribution in [0.25, 0.3) is 0 Å². The molecule has 2 aliphatic rings. The van der Waals surface area contributed by atoms with Crippen molar-refractivity contribution >= 4 is 0 Å². The summed E-state index contributed by atoms with van der Waals surface area (Å²) < 4.78 is 0. The van der Waals surface area contributed by atoms with E-state index in [2.05, 4.69) is 11.8 Å². The molecule has 0 spiro atoms. The highest BCUT2D eigenvalue weighted by Crippen LogP contribution is 2.45. The van der Waals surface area contributed by atoms with Crippen LogP contribution in [0.2, 0.25) is 0 Å². The number of rotatable bonds is 1. The number of likely N-dealkylation sites (N-methyl/N-ethyl adjacent to an activating group) is 1. The van der Waals surface area contributed by atoms with E-state index in [1.54, 1.807) is 6.07 Å². The van der Waals surface area contributed by atoms with Crippen LogP contribution in [-0.2, 0) is 6.42 Å². The minimum absolute atomic E-state index is 0.0235. The Bertz CT molecular complexity index is 458. The van der Waals surface area contributed by atoms with Gasteiger partial charge in [0.1, 0.15) is 0 Å². The Hall–Kier alpha value is -1.22. The number of phenolic OH excluding ortho intramolecular Hbond substituents is 2. The van der Waals surface area contributed by atoms with Crippen molar-refractivity contribution < 1.29 is 10.2 Å². The third-order valence-corrected chi connectivity index (χ3v) is 4.69. The van der Waals surface area contributed by atoms with Crippen molar-refractivity contribution in [3.05, 3.63) is 23.3 Å². The molecular formula is C15H21NO2. The van der Waals surface area contributed by atoms with Crippen molar-refractivity contribution in [1.29, 1.82) is 0 Å². The largest absolute Gasteiger partial charge is 0.504 e. The van der Waals surface area contributed by atoms with Crippen LogP contribution >= 0.6 is 0 Å². The van der Waals surface area contributed by atoms with Gasteiger partial charge in [-0.05, 0) is 56.3 Å². The molecule has 98 valence electrons. The highest BCUT2D eigenvalue weighted by atomic mass is 16.3. The van der Waals surface area contributed by atoms with E-state index in [-0.39, 0.29) is 11.5 Å². The minimum Gasteiger partial charge on any atom is -0.504 e. The predicted octanol–water partition coefficient (Wildman–Crippen LogP) is 2.61. The zero-order valence-corrected chi connectivity index (χ0v) is 10.9. The van der Waals surface area contributed by atoms with Gasteiger partial charge in [-0.2, -0.15) is 0 Å². The maximum Gasteiger partial charge on any atom is 0.160 e. The van der Waals surface area contributed by atoms with E-state index in [0.29, 0.717) is 12.0 Å². The van der Waals surface area contributed by atoms with Gasteiger partial charge in [0, 0.05) is 11.6 Å². The van der Waals surface area contributed by atoms with Gasteiger partial charge in [-0.15, -0.1) is 0 Å². The Morgan fingerprint density at radius 1 is 1.28 bits per heavy atom. The second kappa shape index (κ2) is 4.47. The van der Waals surface area contributed by atoms with Crippen molar-refractivity contribution in [2.45, 2.75) is 44.6 Å². The fourth-order valence-electron chi connectivity index (χ4n) is 3.81. The van der Waals surface area contributed by atoms with Crippen LogP contribution in [-0.4, -0.2) is 34.2 Å². The van der Waals surface area contributed by atoms with Crippen molar-refractivity contribution in [3.8, 4) is 11.5 Å². The summed E-state index contributed by atoms with van der Waals surface area (Å²) in [6.07, 6.45) is 4.42. The number of likely N-dealkylation sites (tertiary alicyclic amines) is 1. The molecule has 18 heavy (non-hydrogen) atoms. The first-order valence-corrected chi connectivity index (χ1v) is 7.00. The molecule has 1 heterocycles. The summed E-state index contributed by atoms with van der Waals surface area (Å²) in [5, 5.41) is 19.6. The molecule has 0 amide bonds. The first-order chi connectivity index (χ1) is 8.72. The monoisotopic (exact) mass is 247 g/mol. The molecule has 3 rings (SSSR count). The Kier molecular flexibility index (Phi) is 2.94. The van der Waals surface area contributed by atoms with Gasteiger partial charge in [0.2, 0.25) is 0 Å². The Labute approximate surface area is 108 Å². The van der Waals surface area contributed by atoms with E-state index in [4.69, 9.17) is 0 Å². The van der Waals surface area contributed by atoms with E-state index in [0.717, 1.165) is 24.9 Å². The molecule has 0 bridgehead atoms. The molecule has 0 unspecified atom stereocenters. The van der Waals surface area contributed by atoms with Gasteiger partial charge in [-0.1, -0.05) is 13.0 Å². The van der Waals surface area contributed by atoms with Crippen LogP contribution in [0.3, 0.4) is 0 Å². The number of nitrogens with zero attached hydrogens (tertiary/aromatic N) is 1. The molecule has 1 aliphatic heterocycles. The second-order valence-electron chi connectivity index (χ2n) is 5.48. The Balaban J connectivity index is 2.00. The molecule has 2 N–H and O–H groups in total. The molecule has 1 aliphatic carbocycles. The van der Waals surface area contributed by atoms with Gasteiger partial charge in [-0.25, -0.2) is 0 Å². The van der Waals surface area contributed by atoms with E-state index >= 15 is 0 Å². The Morgan fingerprint density at radius 2 is 2.11 bits per heavy atom. The predicted molar refractivity (Wildman–Crippen MR) is 71.1 cm³/mol. The van der Waals surface area contributed by atoms with Crippen LogP contribution in [0.15, 0.2) is 12.1 Å². The molecule has 0 aromatic heterocycles. The zero-order chi connectivity index (χ0) is 12.7. The number of fused-ring (bicyclic) bond motifs is 3. The quantitative estimate of drug-likeness (QED) is 0.750. The topological polar surface area (TPSA) is 43.7 Å². The summed E-state index contributed by atoms with van der Waals surface area (Å²) in [6.45, 7) is 4.55. The fraction of sp³-hybridized carbons (Fsp3) is 0.600. The molecule has 1 aromatic carbocycles. The molecule has 0 radical (unpaired) electrons. The van der Waals surface area contributed by atoms with E-state index in [9.17, 15) is 10.2 Å². The van der Waals surface area contributed by atoms with Crippen molar-refractivity contribution in [2.75, 3.05) is 13.1 Å². The molecule has 1 saturated heterocycles. The van der Waals surface area contributed by atoms with Crippen LogP contribution in [0, 0.1) is 0 Å². The zero-order valence-electron chi connectivity index (χ0n) is 10.9. The van der Waals surface area contributed by atoms with E-state index in [1.165, 1.54) is 24.9 Å². The third kappa shape index (κ3) is 1.69. The molecular weight excluding hydrogens is 226 g/mol. The summed E-state index contributed by atoms with van der Waals surface area (Å²) in [4.78, 5) is 2.57. The minimum atomic E-state index is 0.0235. The average molecular weight is 247 g/mol. The maximum atomic E-state index is 9.99. The normalized spacial score (nSPS) is 27.6. The first kappa shape index (κ1) is 11.8. The third-order valence-electron chi connectivity index (χ3n) is 4.69. The first-order valence-electron chi connectivity index (χ1n) is 7.00. The van der Waals surface area contributed by atoms with Gasteiger partial charge < -0.3 is 15.1 Å². The van der Waals surface area contributed by atoms with Crippen molar-refractivity contribution in [2.24, 2.45) is 0 Å². The summed E-state index contributed by atoms with van der Waals surface area (Å²) in [6, 6.07) is 4.28. The lowest BCUT2D eigenvalue weighted by molar-refractivity contribution is 0.118. The number of hydrogen-bond acceptors (Lipinski definition) is 3. The van der Waals surface area contributed by atoms with Crippen molar-refractivity contribution in [3.63, 3.8) is 0 Å². The second-order valence-corrected chi connectivity index (χ2v) is 5.48. The van der Waals surface area contributed by atoms with Gasteiger partial charge in [0.15, 0.2) is 11.5 Å². The van der Waals surface area contributed by atoms with Gasteiger partial charge >= 0.3 is 0 Å². The van der Waals surface area contributed by atoms with Gasteiger partial charge in [-0.3, -0.25) is 0 Å². The molecule has 3 heteroatoms. The number of hydrogen-bond donors (Lipinski definition) is 2. The van der Waals surface area contributed by atoms with E-state index < -0.39 is 0 Å². The lowest BCUT2D eigenvalue weighted by atomic mass is 9.74. The smallest absolute Gasteiger partial charge is 0.160 e. The number of phenols is 2. The van der Waals surface area contributed by atoms with Crippen LogP contribution in [0.5, 0.6) is 11.5 Å². The highest BCUT2D eigenvalue weighted by molar-refractivity contribution is 5.51. The van der Waals surface area contributed by atoms with Crippen LogP contribution < -0.4 is 0 Å². The molecule has 3 nitrogen and oxygen atoms in total. The van der Waals surface area contributed by atoms with Gasteiger partial charge in [0.05, 0.1) is 0 Å². The number of aromatic hydroxyl groups is 2. The van der Waals surface area contributed by atoms with Gasteiger partial charge in [0.25, 0.3) is 0 Å². The number of piperidine rings is 1. The SMILES string of the molecule is CCN1CCC[C@H]2c3ccc(O)c(O)c3CC[C@H]21. The summed E-state index contributed by atoms with van der Waals surface area (Å²) in [5.41, 5.74) is 2.24. The van der Waals surface area contributed by atoms with Crippen LogP contribution in [0.1, 0.15) is 43.2 Å². The molecule has 1 aromatic rings. The lowest BCUT2D eigenvalue weighted by Gasteiger charge is -2.44. The van der Waals surface area contributed by atoms with Crippen molar-refractivity contribution in [1.82, 2.24) is 4.90 Å². The summed E-state index contributed by atoms with van der Waals surface area (Å²) in [5.74, 6) is 0.670. The Morgan fingerprint density at radius 3 is 2.89 bits per heavy atom. The highest BCUT2D eigenvalue weighted by Gasteiger charge is 2.36. The maximum absolute atomic E-state index is 9.99. The van der Waals surface area contributed by atoms with Crippen LogP contribution in [0.4, 0.5) is 0 Å². The van der Waals surface area contributed by atoms with E-state index in [1.807, 2.05) is 6.07 Å². The average Bonchev–Trinajstić information content (AvgIpc) is 2.41. The fourth-order valence-corrected chi connectivity index (χ4v) is 3.81.